The highest BCUT2D eigenvalue weighted by molar-refractivity contribution is 6.30. The van der Waals surface area contributed by atoms with Crippen molar-refractivity contribution in [3.8, 4) is 5.75 Å². The number of carbonyl (C=O) groups excluding carboxylic acids is 1. The van der Waals surface area contributed by atoms with Crippen molar-refractivity contribution in [3.63, 3.8) is 0 Å². The van der Waals surface area contributed by atoms with Gasteiger partial charge in [-0.3, -0.25) is 4.79 Å². The SMILES string of the molecule is NC(=O)c1cc(Nc2cccc(N3CC(Oc4ccc(Cl)cc4F)C3)n2)ccc1CF. The summed E-state index contributed by atoms with van der Waals surface area (Å²) in [6, 6.07) is 14.4. The van der Waals surface area contributed by atoms with E-state index in [1.807, 2.05) is 17.0 Å². The van der Waals surface area contributed by atoms with Gasteiger partial charge in [-0.05, 0) is 48.0 Å². The Labute approximate surface area is 182 Å². The molecule has 3 N–H and O–H groups in total. The maximum absolute atomic E-state index is 13.9. The Balaban J connectivity index is 1.40. The summed E-state index contributed by atoms with van der Waals surface area (Å²) in [5, 5.41) is 3.41. The third kappa shape index (κ3) is 4.69. The molecule has 1 fully saturated rings. The topological polar surface area (TPSA) is 80.5 Å². The molecule has 0 aliphatic carbocycles. The molecule has 2 heterocycles. The van der Waals surface area contributed by atoms with Crippen LogP contribution < -0.4 is 20.7 Å². The van der Waals surface area contributed by atoms with Gasteiger partial charge in [0, 0.05) is 16.3 Å². The number of benzene rings is 2. The van der Waals surface area contributed by atoms with Crippen molar-refractivity contribution in [3.05, 3.63) is 76.6 Å². The average molecular weight is 445 g/mol. The van der Waals surface area contributed by atoms with Crippen molar-refractivity contribution in [2.24, 2.45) is 5.73 Å². The van der Waals surface area contributed by atoms with E-state index in [0.717, 1.165) is 5.82 Å². The van der Waals surface area contributed by atoms with Gasteiger partial charge in [-0.1, -0.05) is 23.7 Å². The average Bonchev–Trinajstić information content (AvgIpc) is 2.71. The quantitative estimate of drug-likeness (QED) is 0.562. The highest BCUT2D eigenvalue weighted by Gasteiger charge is 2.30. The fraction of sp³-hybridized carbons (Fsp3) is 0.182. The summed E-state index contributed by atoms with van der Waals surface area (Å²) in [7, 11) is 0. The summed E-state index contributed by atoms with van der Waals surface area (Å²) in [5.74, 6) is 0.247. The van der Waals surface area contributed by atoms with Gasteiger partial charge in [-0.2, -0.15) is 0 Å². The zero-order chi connectivity index (χ0) is 22.0. The molecule has 4 rings (SSSR count). The third-order valence-electron chi connectivity index (χ3n) is 4.89. The number of primary amides is 1. The van der Waals surface area contributed by atoms with Gasteiger partial charge < -0.3 is 20.7 Å². The first kappa shape index (κ1) is 20.9. The highest BCUT2D eigenvalue weighted by Crippen LogP contribution is 2.28. The molecule has 160 valence electrons. The van der Waals surface area contributed by atoms with Crippen LogP contribution in [-0.4, -0.2) is 30.1 Å². The van der Waals surface area contributed by atoms with Gasteiger partial charge in [0.15, 0.2) is 11.6 Å². The Morgan fingerprint density at radius 3 is 2.74 bits per heavy atom. The molecule has 1 amide bonds. The van der Waals surface area contributed by atoms with E-state index in [2.05, 4.69) is 10.3 Å². The van der Waals surface area contributed by atoms with Crippen LogP contribution in [0.15, 0.2) is 54.6 Å². The molecule has 1 aromatic heterocycles. The summed E-state index contributed by atoms with van der Waals surface area (Å²) in [6.07, 6.45) is -0.166. The number of amides is 1. The van der Waals surface area contributed by atoms with E-state index >= 15 is 0 Å². The fourth-order valence-electron chi connectivity index (χ4n) is 3.27. The van der Waals surface area contributed by atoms with Crippen LogP contribution in [0.1, 0.15) is 15.9 Å². The molecule has 1 aliphatic heterocycles. The van der Waals surface area contributed by atoms with E-state index in [-0.39, 0.29) is 23.0 Å². The van der Waals surface area contributed by atoms with E-state index in [1.54, 1.807) is 18.2 Å². The van der Waals surface area contributed by atoms with Crippen LogP contribution in [0.25, 0.3) is 0 Å². The predicted octanol–water partition coefficient (Wildman–Crippen LogP) is 4.45. The Hall–Kier alpha value is -3.39. The first-order chi connectivity index (χ1) is 14.9. The molecule has 6 nitrogen and oxygen atoms in total. The molecule has 31 heavy (non-hydrogen) atoms. The van der Waals surface area contributed by atoms with Crippen LogP contribution in [0.2, 0.25) is 5.02 Å². The van der Waals surface area contributed by atoms with Gasteiger partial charge in [0.25, 0.3) is 0 Å². The lowest BCUT2D eigenvalue weighted by Gasteiger charge is -2.39. The lowest BCUT2D eigenvalue weighted by Crippen LogP contribution is -2.54. The Bertz CT molecular complexity index is 1120. The van der Waals surface area contributed by atoms with Crippen LogP contribution in [0.3, 0.4) is 0 Å². The zero-order valence-corrected chi connectivity index (χ0v) is 17.1. The Kier molecular flexibility index (Phi) is 5.90. The molecule has 1 saturated heterocycles. The van der Waals surface area contributed by atoms with Crippen LogP contribution in [0.5, 0.6) is 5.75 Å². The number of nitrogens with zero attached hydrogens (tertiary/aromatic N) is 2. The molecule has 2 aromatic carbocycles. The molecule has 0 bridgehead atoms. The van der Waals surface area contributed by atoms with E-state index in [9.17, 15) is 13.6 Å². The maximum atomic E-state index is 13.9. The molecule has 0 radical (unpaired) electrons. The van der Waals surface area contributed by atoms with E-state index in [4.69, 9.17) is 22.1 Å². The second-order valence-electron chi connectivity index (χ2n) is 7.10. The number of hydrogen-bond donors (Lipinski definition) is 2. The number of pyridine rings is 1. The summed E-state index contributed by atoms with van der Waals surface area (Å²) >= 11 is 5.76. The van der Waals surface area contributed by atoms with E-state index in [1.165, 1.54) is 24.3 Å². The van der Waals surface area contributed by atoms with Gasteiger partial charge in [-0.15, -0.1) is 0 Å². The minimum Gasteiger partial charge on any atom is -0.484 e. The first-order valence-electron chi connectivity index (χ1n) is 9.52. The van der Waals surface area contributed by atoms with E-state index in [0.29, 0.717) is 29.6 Å². The van der Waals surface area contributed by atoms with E-state index < -0.39 is 18.4 Å². The summed E-state index contributed by atoms with van der Waals surface area (Å²) in [6.45, 7) is 0.329. The van der Waals surface area contributed by atoms with Crippen molar-refractivity contribution < 1.29 is 18.3 Å². The monoisotopic (exact) mass is 444 g/mol. The lowest BCUT2D eigenvalue weighted by atomic mass is 10.1. The molecule has 0 atom stereocenters. The number of alkyl halides is 1. The standard InChI is InChI=1S/C22H19ClF2N4O2/c23-14-5-7-19(18(25)8-14)31-16-11-29(12-16)21-3-1-2-20(28-21)27-15-6-4-13(10-24)17(9-15)22(26)30/h1-9,16H,10-12H2,(H2,26,30)(H,27,28). The van der Waals surface area contributed by atoms with Crippen LogP contribution >= 0.6 is 11.6 Å². The number of rotatable bonds is 7. The van der Waals surface area contributed by atoms with Gasteiger partial charge >= 0.3 is 0 Å². The number of carbonyl (C=O) groups is 1. The largest absolute Gasteiger partial charge is 0.484 e. The van der Waals surface area contributed by atoms with Gasteiger partial charge in [-0.25, -0.2) is 13.8 Å². The molecule has 0 unspecified atom stereocenters. The number of nitrogens with one attached hydrogen (secondary N) is 1. The van der Waals surface area contributed by atoms with Crippen molar-refractivity contribution >= 4 is 34.8 Å². The number of halogens is 3. The zero-order valence-electron chi connectivity index (χ0n) is 16.3. The minimum atomic E-state index is -0.773. The number of ether oxygens (including phenoxy) is 1. The molecule has 1 aliphatic rings. The second-order valence-corrected chi connectivity index (χ2v) is 7.53. The van der Waals surface area contributed by atoms with Crippen molar-refractivity contribution in [1.29, 1.82) is 0 Å². The van der Waals surface area contributed by atoms with Crippen molar-refractivity contribution in [2.45, 2.75) is 12.8 Å². The summed E-state index contributed by atoms with van der Waals surface area (Å²) in [5.41, 5.74) is 6.26. The molecule has 3 aromatic rings. The number of hydrogen-bond acceptors (Lipinski definition) is 5. The van der Waals surface area contributed by atoms with Gasteiger partial charge in [0.2, 0.25) is 5.91 Å². The Morgan fingerprint density at radius 2 is 2.03 bits per heavy atom. The first-order valence-corrected chi connectivity index (χ1v) is 9.90. The summed E-state index contributed by atoms with van der Waals surface area (Å²) in [4.78, 5) is 18.1. The van der Waals surface area contributed by atoms with Crippen LogP contribution in [0.4, 0.5) is 26.1 Å². The summed E-state index contributed by atoms with van der Waals surface area (Å²) < 4.78 is 32.6. The fourth-order valence-corrected chi connectivity index (χ4v) is 3.43. The Morgan fingerprint density at radius 1 is 1.23 bits per heavy atom. The van der Waals surface area contributed by atoms with Crippen molar-refractivity contribution in [2.75, 3.05) is 23.3 Å². The highest BCUT2D eigenvalue weighted by atomic mass is 35.5. The van der Waals surface area contributed by atoms with Gasteiger partial charge in [0.05, 0.1) is 13.1 Å². The normalized spacial score (nSPS) is 13.6. The molecular formula is C22H19ClF2N4O2. The third-order valence-corrected chi connectivity index (χ3v) is 5.12. The lowest BCUT2D eigenvalue weighted by molar-refractivity contribution is 0.0998. The minimum absolute atomic E-state index is 0.126. The smallest absolute Gasteiger partial charge is 0.249 e. The molecule has 9 heteroatoms. The predicted molar refractivity (Wildman–Crippen MR) is 115 cm³/mol. The number of anilines is 3. The van der Waals surface area contributed by atoms with Crippen LogP contribution in [-0.2, 0) is 6.67 Å². The maximum Gasteiger partial charge on any atom is 0.249 e. The molecular weight excluding hydrogens is 426 g/mol. The molecule has 0 saturated carbocycles. The molecule has 0 spiro atoms. The number of nitrogens with two attached hydrogens (primary N) is 1. The van der Waals surface area contributed by atoms with Gasteiger partial charge in [0.1, 0.15) is 24.4 Å². The second kappa shape index (κ2) is 8.77. The number of aromatic nitrogens is 1. The van der Waals surface area contributed by atoms with Crippen LogP contribution in [0, 0.1) is 5.82 Å². The van der Waals surface area contributed by atoms with Crippen molar-refractivity contribution in [1.82, 2.24) is 4.98 Å².